The second-order valence-corrected chi connectivity index (χ2v) is 1.21. The van der Waals surface area contributed by atoms with E-state index in [9.17, 15) is 0 Å². The van der Waals surface area contributed by atoms with E-state index in [1.54, 1.807) is 0 Å². The van der Waals surface area contributed by atoms with Crippen LogP contribution in [0.3, 0.4) is 0 Å². The van der Waals surface area contributed by atoms with Crippen molar-refractivity contribution >= 4 is 0 Å². The Bertz CT molecular complexity index is 22.8. The Labute approximate surface area is 37.6 Å². The van der Waals surface area contributed by atoms with Gasteiger partial charge in [0.2, 0.25) is 0 Å². The highest BCUT2D eigenvalue weighted by atomic mass is 16.0. The highest BCUT2D eigenvalue weighted by Crippen LogP contribution is 1.59. The van der Waals surface area contributed by atoms with Crippen LogP contribution in [0.4, 0.5) is 0 Å². The summed E-state index contributed by atoms with van der Waals surface area (Å²) < 4.78 is 0. The summed E-state index contributed by atoms with van der Waals surface area (Å²) in [7, 11) is 0. The van der Waals surface area contributed by atoms with Crippen molar-refractivity contribution in [3.63, 3.8) is 0 Å². The van der Waals surface area contributed by atoms with Crippen molar-refractivity contribution in [2.75, 3.05) is 6.54 Å². The quantitative estimate of drug-likeness (QED) is 0.411. The van der Waals surface area contributed by atoms with Crippen molar-refractivity contribution in [1.29, 1.82) is 0 Å². The first kappa shape index (κ1) is 9.30. The Morgan fingerprint density at radius 2 is 1.83 bits per heavy atom. The lowest BCUT2D eigenvalue weighted by molar-refractivity contribution is 0.752. The van der Waals surface area contributed by atoms with Crippen molar-refractivity contribution in [2.24, 2.45) is 11.5 Å². The van der Waals surface area contributed by atoms with Gasteiger partial charge in [-0.3, -0.25) is 0 Å². The van der Waals surface area contributed by atoms with Crippen LogP contribution >= 0.6 is 0 Å². The molecule has 0 unspecified atom stereocenters. The molecule has 0 aliphatic rings. The van der Waals surface area contributed by atoms with Gasteiger partial charge in [-0.2, -0.15) is 0 Å². The topological polar surface area (TPSA) is 83.5 Å². The summed E-state index contributed by atoms with van der Waals surface area (Å²) in [6.45, 7) is 2.46. The van der Waals surface area contributed by atoms with E-state index < -0.39 is 0 Å². The zero-order chi connectivity index (χ0) is 4.28. The fraction of sp³-hybridized carbons (Fsp3) is 1.00. The molecule has 3 nitrogen and oxygen atoms in total. The number of hydrogen-bond acceptors (Lipinski definition) is 2. The summed E-state index contributed by atoms with van der Waals surface area (Å²) in [5.74, 6) is 0. The summed E-state index contributed by atoms with van der Waals surface area (Å²) in [6.07, 6.45) is 0. The molecule has 6 heavy (non-hydrogen) atoms. The first-order chi connectivity index (χ1) is 2.27. The minimum Gasteiger partial charge on any atom is -0.412 e. The lowest BCUT2D eigenvalue weighted by atomic mass is 10.4. The third-order valence-electron chi connectivity index (χ3n) is 0.372. The van der Waals surface area contributed by atoms with Gasteiger partial charge in [-0.05, 0) is 6.92 Å². The molecule has 0 spiro atoms. The Morgan fingerprint density at radius 3 is 1.83 bits per heavy atom. The van der Waals surface area contributed by atoms with Gasteiger partial charge in [-0.15, -0.1) is 0 Å². The molecule has 0 aromatic rings. The lowest BCUT2D eigenvalue weighted by Gasteiger charge is -1.92. The van der Waals surface area contributed by atoms with E-state index in [-0.39, 0.29) is 11.5 Å². The molecule has 0 heterocycles. The summed E-state index contributed by atoms with van der Waals surface area (Å²) in [5, 5.41) is 0. The predicted molar refractivity (Wildman–Crippen MR) is 26.3 cm³/mol. The molecule has 0 aliphatic heterocycles. The molecule has 6 N–H and O–H groups in total. The minimum absolute atomic E-state index is 0. The van der Waals surface area contributed by atoms with E-state index >= 15 is 0 Å². The Balaban J connectivity index is 0. The monoisotopic (exact) mass is 92.1 g/mol. The van der Waals surface area contributed by atoms with Gasteiger partial charge in [0, 0.05) is 12.6 Å². The molecule has 3 heteroatoms. The summed E-state index contributed by atoms with van der Waals surface area (Å²) in [4.78, 5) is 0. The van der Waals surface area contributed by atoms with Gasteiger partial charge in [-0.25, -0.2) is 0 Å². The average Bonchev–Trinajstić information content (AvgIpc) is 1.38. The number of hydrogen-bond donors (Lipinski definition) is 2. The van der Waals surface area contributed by atoms with Crippen LogP contribution in [0.25, 0.3) is 0 Å². The van der Waals surface area contributed by atoms with Gasteiger partial charge in [0.05, 0.1) is 0 Å². The van der Waals surface area contributed by atoms with E-state index in [4.69, 9.17) is 11.5 Å². The van der Waals surface area contributed by atoms with E-state index in [2.05, 4.69) is 0 Å². The smallest absolute Gasteiger partial charge is 0.0134 e. The molecule has 0 bridgehead atoms. The van der Waals surface area contributed by atoms with Gasteiger partial charge in [0.1, 0.15) is 0 Å². The second kappa shape index (κ2) is 4.88. The second-order valence-electron chi connectivity index (χ2n) is 1.21. The van der Waals surface area contributed by atoms with Crippen molar-refractivity contribution in [3.05, 3.63) is 0 Å². The fourth-order valence-corrected chi connectivity index (χ4v) is 0. The first-order valence-electron chi connectivity index (χ1n) is 1.73. The molecule has 1 atom stereocenters. The Morgan fingerprint density at radius 1 is 1.67 bits per heavy atom. The summed E-state index contributed by atoms with van der Waals surface area (Å²) >= 11 is 0. The molecule has 40 valence electrons. The van der Waals surface area contributed by atoms with E-state index in [1.165, 1.54) is 0 Å². The van der Waals surface area contributed by atoms with Crippen molar-refractivity contribution in [3.8, 4) is 0 Å². The molecule has 0 saturated heterocycles. The molecular formula is C3H12N2O. The summed E-state index contributed by atoms with van der Waals surface area (Å²) in [5.41, 5.74) is 10.2. The first-order valence-corrected chi connectivity index (χ1v) is 1.73. The molecule has 0 radical (unpaired) electrons. The molecular weight excluding hydrogens is 80.0 g/mol. The van der Waals surface area contributed by atoms with Crippen LogP contribution in [0.1, 0.15) is 6.92 Å². The van der Waals surface area contributed by atoms with Crippen molar-refractivity contribution in [2.45, 2.75) is 13.0 Å². The van der Waals surface area contributed by atoms with Crippen LogP contribution in [-0.4, -0.2) is 18.1 Å². The number of rotatable bonds is 1. The normalized spacial score (nSPS) is 12.5. The van der Waals surface area contributed by atoms with E-state index in [1.807, 2.05) is 6.92 Å². The molecule has 0 rings (SSSR count). The fourth-order valence-electron chi connectivity index (χ4n) is 0. The molecule has 0 aromatic carbocycles. The van der Waals surface area contributed by atoms with Gasteiger partial charge in [0.15, 0.2) is 0 Å². The van der Waals surface area contributed by atoms with Crippen LogP contribution in [0.2, 0.25) is 0 Å². The van der Waals surface area contributed by atoms with Crippen LogP contribution in [-0.2, 0) is 0 Å². The maximum Gasteiger partial charge on any atom is 0.0134 e. The highest BCUT2D eigenvalue weighted by molar-refractivity contribution is 4.48. The van der Waals surface area contributed by atoms with Gasteiger partial charge < -0.3 is 16.9 Å². The van der Waals surface area contributed by atoms with Crippen LogP contribution < -0.4 is 11.5 Å². The van der Waals surface area contributed by atoms with E-state index in [0.29, 0.717) is 6.54 Å². The SMILES string of the molecule is C[C@@H](N)CN.O. The predicted octanol–water partition coefficient (Wildman–Crippen LogP) is -1.53. The lowest BCUT2D eigenvalue weighted by Crippen LogP contribution is -2.25. The molecule has 0 aromatic heterocycles. The van der Waals surface area contributed by atoms with Crippen molar-refractivity contribution < 1.29 is 5.48 Å². The third-order valence-corrected chi connectivity index (χ3v) is 0.372. The maximum absolute atomic E-state index is 5.17. The molecule has 0 amide bonds. The number of nitrogens with two attached hydrogens (primary N) is 2. The molecule has 0 fully saturated rings. The standard InChI is InChI=1S/C3H10N2.H2O/c1-3(5)2-4;/h3H,2,4-5H2,1H3;1H2/t3-;/m1./s1. The molecule has 0 aliphatic carbocycles. The zero-order valence-corrected chi connectivity index (χ0v) is 3.94. The van der Waals surface area contributed by atoms with Gasteiger partial charge in [-0.1, -0.05) is 0 Å². The van der Waals surface area contributed by atoms with Gasteiger partial charge >= 0.3 is 0 Å². The van der Waals surface area contributed by atoms with Crippen LogP contribution in [0.5, 0.6) is 0 Å². The Hall–Kier alpha value is -0.120. The average molecular weight is 92.1 g/mol. The van der Waals surface area contributed by atoms with E-state index in [0.717, 1.165) is 0 Å². The minimum atomic E-state index is 0. The summed E-state index contributed by atoms with van der Waals surface area (Å²) in [6, 6.07) is 0.162. The Kier molecular flexibility index (Phi) is 7.57. The highest BCUT2D eigenvalue weighted by Gasteiger charge is 1.79. The van der Waals surface area contributed by atoms with Crippen LogP contribution in [0, 0.1) is 0 Å². The maximum atomic E-state index is 5.17. The molecule has 0 saturated carbocycles. The third kappa shape index (κ3) is 9.11. The zero-order valence-electron chi connectivity index (χ0n) is 3.94. The van der Waals surface area contributed by atoms with Gasteiger partial charge in [0.25, 0.3) is 0 Å². The van der Waals surface area contributed by atoms with Crippen LogP contribution in [0.15, 0.2) is 0 Å². The van der Waals surface area contributed by atoms with Crippen molar-refractivity contribution in [1.82, 2.24) is 0 Å². The largest absolute Gasteiger partial charge is 0.412 e.